The predicted octanol–water partition coefficient (Wildman–Crippen LogP) is 1.72. The Morgan fingerprint density at radius 3 is 3.00 bits per heavy atom. The molecule has 1 aromatic carbocycles. The van der Waals surface area contributed by atoms with Crippen LogP contribution >= 0.6 is 11.6 Å². The summed E-state index contributed by atoms with van der Waals surface area (Å²) in [5.74, 6) is 0.408. The second kappa shape index (κ2) is 4.84. The highest BCUT2D eigenvalue weighted by Gasteiger charge is 2.13. The number of halogens is 1. The first-order chi connectivity index (χ1) is 8.20. The maximum atomic E-state index is 11.9. The van der Waals surface area contributed by atoms with E-state index in [4.69, 9.17) is 16.3 Å². The van der Waals surface area contributed by atoms with Crippen LogP contribution in [0.1, 0.15) is 10.4 Å². The van der Waals surface area contributed by atoms with Crippen LogP contribution in [0.15, 0.2) is 24.4 Å². The summed E-state index contributed by atoms with van der Waals surface area (Å²) in [7, 11) is 1.48. The molecular formula is C10H9ClN4O2. The summed E-state index contributed by atoms with van der Waals surface area (Å²) in [5, 5.41) is 12.7. The lowest BCUT2D eigenvalue weighted by atomic mass is 10.2. The summed E-state index contributed by atoms with van der Waals surface area (Å²) < 4.78 is 5.08. The van der Waals surface area contributed by atoms with Crippen LogP contribution in [0.25, 0.3) is 0 Å². The maximum absolute atomic E-state index is 11.9. The molecule has 0 aliphatic heterocycles. The topological polar surface area (TPSA) is 79.9 Å². The van der Waals surface area contributed by atoms with Crippen molar-refractivity contribution in [3.63, 3.8) is 0 Å². The zero-order chi connectivity index (χ0) is 12.3. The van der Waals surface area contributed by atoms with Crippen LogP contribution in [0.5, 0.6) is 5.75 Å². The first kappa shape index (κ1) is 11.4. The molecule has 0 atom stereocenters. The van der Waals surface area contributed by atoms with Gasteiger partial charge in [-0.25, -0.2) is 0 Å². The number of nitrogens with one attached hydrogen (secondary N) is 2. The predicted molar refractivity (Wildman–Crippen MR) is 62.3 cm³/mol. The molecule has 1 heterocycles. The Hall–Kier alpha value is -2.08. The van der Waals surface area contributed by atoms with Gasteiger partial charge in [0.05, 0.1) is 18.9 Å². The van der Waals surface area contributed by atoms with Crippen molar-refractivity contribution in [2.75, 3.05) is 12.4 Å². The Morgan fingerprint density at radius 2 is 2.35 bits per heavy atom. The molecule has 0 spiro atoms. The average Bonchev–Trinajstić information content (AvgIpc) is 2.81. The zero-order valence-corrected chi connectivity index (χ0v) is 9.65. The van der Waals surface area contributed by atoms with Gasteiger partial charge in [0.2, 0.25) is 0 Å². The number of carbonyl (C=O) groups excluding carboxylic acids is 1. The third-order valence-corrected chi connectivity index (χ3v) is 2.30. The minimum absolute atomic E-state index is 0.331. The van der Waals surface area contributed by atoms with E-state index in [9.17, 15) is 4.79 Å². The lowest BCUT2D eigenvalue weighted by Gasteiger charge is -2.07. The molecule has 0 radical (unpaired) electrons. The van der Waals surface area contributed by atoms with E-state index >= 15 is 0 Å². The fourth-order valence-corrected chi connectivity index (χ4v) is 1.48. The minimum Gasteiger partial charge on any atom is -0.496 e. The molecule has 0 aliphatic rings. The van der Waals surface area contributed by atoms with Crippen molar-refractivity contribution < 1.29 is 9.53 Å². The second-order valence-corrected chi connectivity index (χ2v) is 3.59. The highest BCUT2D eigenvalue weighted by Crippen LogP contribution is 2.23. The van der Waals surface area contributed by atoms with E-state index in [2.05, 4.69) is 20.7 Å². The normalized spacial score (nSPS) is 10.0. The van der Waals surface area contributed by atoms with Gasteiger partial charge in [-0.1, -0.05) is 11.6 Å². The van der Waals surface area contributed by atoms with Gasteiger partial charge in [0.25, 0.3) is 5.91 Å². The van der Waals surface area contributed by atoms with Gasteiger partial charge in [-0.3, -0.25) is 4.79 Å². The number of aromatic nitrogens is 3. The Labute approximate surface area is 102 Å². The van der Waals surface area contributed by atoms with Gasteiger partial charge in [-0.2, -0.15) is 10.3 Å². The van der Waals surface area contributed by atoms with Crippen molar-refractivity contribution in [3.05, 3.63) is 35.0 Å². The molecule has 17 heavy (non-hydrogen) atoms. The molecular weight excluding hydrogens is 244 g/mol. The summed E-state index contributed by atoms with van der Waals surface area (Å²) in [4.78, 5) is 11.9. The first-order valence-corrected chi connectivity index (χ1v) is 5.09. The Bertz CT molecular complexity index is 527. The number of amides is 1. The van der Waals surface area contributed by atoms with Crippen LogP contribution in [0, 0.1) is 0 Å². The Balaban J connectivity index is 2.26. The number of ether oxygens (including phenoxy) is 1. The van der Waals surface area contributed by atoms with E-state index in [1.54, 1.807) is 12.1 Å². The fourth-order valence-electron chi connectivity index (χ4n) is 1.30. The van der Waals surface area contributed by atoms with E-state index in [1.165, 1.54) is 19.4 Å². The molecule has 0 fully saturated rings. The SMILES string of the molecule is COc1ccc(Cl)cc1C(=O)Nc1cn[nH]n1. The van der Waals surface area contributed by atoms with Crippen LogP contribution in [0.2, 0.25) is 5.02 Å². The van der Waals surface area contributed by atoms with Crippen molar-refractivity contribution >= 4 is 23.3 Å². The Morgan fingerprint density at radius 1 is 1.53 bits per heavy atom. The molecule has 88 valence electrons. The van der Waals surface area contributed by atoms with E-state index in [0.717, 1.165) is 0 Å². The van der Waals surface area contributed by atoms with Gasteiger partial charge >= 0.3 is 0 Å². The van der Waals surface area contributed by atoms with Crippen LogP contribution in [-0.2, 0) is 0 Å². The van der Waals surface area contributed by atoms with Crippen molar-refractivity contribution in [1.29, 1.82) is 0 Å². The second-order valence-electron chi connectivity index (χ2n) is 3.15. The molecule has 0 saturated heterocycles. The van der Waals surface area contributed by atoms with Crippen molar-refractivity contribution in [1.82, 2.24) is 15.4 Å². The zero-order valence-electron chi connectivity index (χ0n) is 8.90. The van der Waals surface area contributed by atoms with Gasteiger partial charge < -0.3 is 10.1 Å². The number of nitrogens with zero attached hydrogens (tertiary/aromatic N) is 2. The molecule has 2 rings (SSSR count). The monoisotopic (exact) mass is 252 g/mol. The number of hydrogen-bond donors (Lipinski definition) is 2. The maximum Gasteiger partial charge on any atom is 0.260 e. The lowest BCUT2D eigenvalue weighted by Crippen LogP contribution is -2.13. The van der Waals surface area contributed by atoms with Crippen LogP contribution in [0.4, 0.5) is 5.82 Å². The van der Waals surface area contributed by atoms with Gasteiger partial charge in [0.1, 0.15) is 5.75 Å². The first-order valence-electron chi connectivity index (χ1n) is 4.71. The number of methoxy groups -OCH3 is 1. The quantitative estimate of drug-likeness (QED) is 0.872. The van der Waals surface area contributed by atoms with Gasteiger partial charge in [0, 0.05) is 5.02 Å². The van der Waals surface area contributed by atoms with Gasteiger partial charge in [0.15, 0.2) is 5.82 Å². The molecule has 2 aromatic rings. The highest BCUT2D eigenvalue weighted by atomic mass is 35.5. The smallest absolute Gasteiger partial charge is 0.260 e. The number of hydrogen-bond acceptors (Lipinski definition) is 4. The summed E-state index contributed by atoms with van der Waals surface area (Å²) in [5.41, 5.74) is 0.336. The molecule has 0 bridgehead atoms. The summed E-state index contributed by atoms with van der Waals surface area (Å²) in [6.07, 6.45) is 1.40. The third-order valence-electron chi connectivity index (χ3n) is 2.06. The number of carbonyl (C=O) groups is 1. The number of rotatable bonds is 3. The van der Waals surface area contributed by atoms with E-state index < -0.39 is 0 Å². The standard InChI is InChI=1S/C10H9ClN4O2/c1-17-8-3-2-6(11)4-7(8)10(16)13-9-5-12-15-14-9/h2-5H,1H3,(H2,12,13,14,15,16). The Kier molecular flexibility index (Phi) is 3.24. The fraction of sp³-hybridized carbons (Fsp3) is 0.100. The van der Waals surface area contributed by atoms with Crippen molar-refractivity contribution in [2.45, 2.75) is 0 Å². The van der Waals surface area contributed by atoms with E-state index in [0.29, 0.717) is 22.2 Å². The largest absolute Gasteiger partial charge is 0.496 e. The van der Waals surface area contributed by atoms with E-state index in [1.807, 2.05) is 0 Å². The molecule has 2 N–H and O–H groups in total. The van der Waals surface area contributed by atoms with Crippen LogP contribution < -0.4 is 10.1 Å². The molecule has 0 unspecified atom stereocenters. The molecule has 1 aromatic heterocycles. The van der Waals surface area contributed by atoms with Crippen LogP contribution in [-0.4, -0.2) is 28.4 Å². The number of benzene rings is 1. The number of H-pyrrole nitrogens is 1. The molecule has 0 saturated carbocycles. The number of aromatic amines is 1. The molecule has 6 nitrogen and oxygen atoms in total. The molecule has 0 aliphatic carbocycles. The number of anilines is 1. The van der Waals surface area contributed by atoms with Crippen molar-refractivity contribution in [2.24, 2.45) is 0 Å². The van der Waals surface area contributed by atoms with Crippen molar-refractivity contribution in [3.8, 4) is 5.75 Å². The van der Waals surface area contributed by atoms with Gasteiger partial charge in [-0.15, -0.1) is 5.10 Å². The highest BCUT2D eigenvalue weighted by molar-refractivity contribution is 6.31. The lowest BCUT2D eigenvalue weighted by molar-refractivity contribution is 0.102. The minimum atomic E-state index is -0.363. The summed E-state index contributed by atoms with van der Waals surface area (Å²) in [6, 6.07) is 4.79. The van der Waals surface area contributed by atoms with Gasteiger partial charge in [-0.05, 0) is 18.2 Å². The van der Waals surface area contributed by atoms with Crippen LogP contribution in [0.3, 0.4) is 0 Å². The third kappa shape index (κ3) is 2.54. The van der Waals surface area contributed by atoms with E-state index in [-0.39, 0.29) is 5.91 Å². The molecule has 1 amide bonds. The summed E-state index contributed by atoms with van der Waals surface area (Å²) >= 11 is 5.83. The average molecular weight is 253 g/mol. The summed E-state index contributed by atoms with van der Waals surface area (Å²) in [6.45, 7) is 0. The molecule has 7 heteroatoms.